The summed E-state index contributed by atoms with van der Waals surface area (Å²) in [4.78, 5) is 52.7. The van der Waals surface area contributed by atoms with Gasteiger partial charge in [-0.15, -0.1) is 0 Å². The highest BCUT2D eigenvalue weighted by molar-refractivity contribution is 7.52. The lowest BCUT2D eigenvalue weighted by Crippen LogP contribution is -2.44. The minimum absolute atomic E-state index is 0.0671. The Morgan fingerprint density at radius 3 is 1.77 bits per heavy atom. The first-order valence-electron chi connectivity index (χ1n) is 17.8. The summed E-state index contributed by atoms with van der Waals surface area (Å²) in [5, 5.41) is 5.09. The van der Waals surface area contributed by atoms with Crippen LogP contribution in [0.15, 0.2) is 76.4 Å². The molecule has 0 radical (unpaired) electrons. The van der Waals surface area contributed by atoms with Gasteiger partial charge in [-0.05, 0) is 72.7 Å². The summed E-state index contributed by atoms with van der Waals surface area (Å²) in [5.74, 6) is -1.36. The van der Waals surface area contributed by atoms with Crippen molar-refractivity contribution in [2.24, 2.45) is 5.41 Å². The largest absolute Gasteiger partial charge is 0.462 e. The van der Waals surface area contributed by atoms with Gasteiger partial charge in [-0.3, -0.25) is 33.0 Å². The van der Waals surface area contributed by atoms with Crippen LogP contribution in [0.5, 0.6) is 11.5 Å². The van der Waals surface area contributed by atoms with Crippen LogP contribution in [0.4, 0.5) is 4.39 Å². The number of benzene rings is 2. The standard InChI is InChI=1S/C36H49FN4O13P2/c1-22(2)50-33(43)25(6)39-55(46,53-27-15-11-9-12-16-27)48-20-29-36(8,30(37)32(52-29)41-19-24(5)31(42)38-35(41)45)21-49-56(47,54-28-17-13-10-14-18-28)40-26(7)34(44)51-23(3)4/h9-19,22-23,25-26,29-30,32H,20-21H2,1-8H3,(H,39,46)(H,40,47)(H,38,42,45)/t25-,26-,29+,30?,32+,36+,55?,56?/m0/s1. The molecule has 2 aromatic carbocycles. The second kappa shape index (κ2) is 18.9. The van der Waals surface area contributed by atoms with Gasteiger partial charge in [0.25, 0.3) is 5.56 Å². The number of alkyl halides is 1. The molecule has 20 heteroatoms. The van der Waals surface area contributed by atoms with Gasteiger partial charge in [0.05, 0.1) is 36.9 Å². The number of hydrogen-bond acceptors (Lipinski definition) is 13. The Hall–Kier alpha value is -4.15. The average Bonchev–Trinajstić information content (AvgIpc) is 3.37. The van der Waals surface area contributed by atoms with Gasteiger partial charge in [0, 0.05) is 11.8 Å². The maximum absolute atomic E-state index is 17.0. The predicted molar refractivity (Wildman–Crippen MR) is 202 cm³/mol. The summed E-state index contributed by atoms with van der Waals surface area (Å²) >= 11 is 0. The number of H-pyrrole nitrogens is 1. The van der Waals surface area contributed by atoms with Crippen molar-refractivity contribution in [3.8, 4) is 11.5 Å². The second-order valence-corrected chi connectivity index (χ2v) is 17.3. The van der Waals surface area contributed by atoms with E-state index in [0.717, 1.165) is 10.8 Å². The molecule has 1 saturated heterocycles. The molecule has 4 rings (SSSR count). The molecule has 0 spiro atoms. The van der Waals surface area contributed by atoms with Crippen LogP contribution < -0.4 is 30.5 Å². The monoisotopic (exact) mass is 826 g/mol. The van der Waals surface area contributed by atoms with Crippen LogP contribution in [0.25, 0.3) is 0 Å². The Balaban J connectivity index is 1.71. The Bertz CT molecular complexity index is 2020. The number of aromatic nitrogens is 2. The third kappa shape index (κ3) is 11.7. The molecule has 2 heterocycles. The predicted octanol–water partition coefficient (Wildman–Crippen LogP) is 5.35. The molecule has 0 saturated carbocycles. The molecule has 308 valence electrons. The van der Waals surface area contributed by atoms with Crippen molar-refractivity contribution in [2.45, 2.75) is 98.2 Å². The van der Waals surface area contributed by atoms with E-state index < -0.39 is 100 Å². The minimum atomic E-state index is -4.57. The van der Waals surface area contributed by atoms with E-state index >= 15 is 4.39 Å². The number of halogens is 1. The number of ether oxygens (including phenoxy) is 3. The molecule has 56 heavy (non-hydrogen) atoms. The number of carbonyl (C=O) groups is 2. The lowest BCUT2D eigenvalue weighted by Gasteiger charge is -2.33. The van der Waals surface area contributed by atoms with Crippen molar-refractivity contribution in [3.05, 3.63) is 93.3 Å². The van der Waals surface area contributed by atoms with Crippen molar-refractivity contribution in [2.75, 3.05) is 13.2 Å². The molecule has 0 bridgehead atoms. The fourth-order valence-corrected chi connectivity index (χ4v) is 8.44. The van der Waals surface area contributed by atoms with E-state index in [-0.39, 0.29) is 17.1 Å². The molecular weight excluding hydrogens is 777 g/mol. The van der Waals surface area contributed by atoms with Gasteiger partial charge in [0.1, 0.15) is 23.6 Å². The first kappa shape index (κ1) is 44.6. The van der Waals surface area contributed by atoms with E-state index in [2.05, 4.69) is 15.2 Å². The highest BCUT2D eigenvalue weighted by Gasteiger charge is 2.57. The molecule has 0 aliphatic carbocycles. The zero-order valence-corrected chi connectivity index (χ0v) is 34.1. The van der Waals surface area contributed by atoms with Crippen molar-refractivity contribution >= 4 is 27.4 Å². The quantitative estimate of drug-likeness (QED) is 0.103. The molecule has 8 atom stereocenters. The Morgan fingerprint density at radius 2 is 1.30 bits per heavy atom. The number of aryl methyl sites for hydroxylation is 1. The fourth-order valence-electron chi connectivity index (χ4n) is 5.34. The number of nitrogens with zero attached hydrogens (tertiary/aromatic N) is 1. The van der Waals surface area contributed by atoms with Crippen LogP contribution in [0, 0.1) is 12.3 Å². The third-order valence-corrected chi connectivity index (χ3v) is 11.6. The van der Waals surface area contributed by atoms with Crippen LogP contribution in [-0.4, -0.2) is 71.3 Å². The maximum Gasteiger partial charge on any atom is 0.459 e. The molecular formula is C36H49FN4O13P2. The number of carbonyl (C=O) groups excluding carboxylic acids is 2. The topological polar surface area (TPSA) is 212 Å². The Labute approximate surface area is 323 Å². The Kier molecular flexibility index (Phi) is 15.0. The highest BCUT2D eigenvalue weighted by Crippen LogP contribution is 2.53. The first-order valence-corrected chi connectivity index (χ1v) is 20.9. The Morgan fingerprint density at radius 1 is 0.839 bits per heavy atom. The second-order valence-electron chi connectivity index (χ2n) is 13.9. The van der Waals surface area contributed by atoms with Gasteiger partial charge < -0.3 is 23.3 Å². The summed E-state index contributed by atoms with van der Waals surface area (Å²) in [7, 11) is -9.10. The van der Waals surface area contributed by atoms with Crippen molar-refractivity contribution in [1.29, 1.82) is 0 Å². The lowest BCUT2D eigenvalue weighted by atomic mass is 9.82. The number of para-hydroxylation sites is 2. The van der Waals surface area contributed by atoms with E-state index in [1.54, 1.807) is 64.1 Å². The summed E-state index contributed by atoms with van der Waals surface area (Å²) in [6.45, 7) is 10.6. The van der Waals surface area contributed by atoms with Gasteiger partial charge in [0.2, 0.25) is 0 Å². The lowest BCUT2D eigenvalue weighted by molar-refractivity contribution is -0.150. The number of nitrogens with one attached hydrogen (secondary N) is 3. The van der Waals surface area contributed by atoms with E-state index in [0.29, 0.717) is 0 Å². The minimum Gasteiger partial charge on any atom is -0.462 e. The number of aromatic amines is 1. The maximum atomic E-state index is 17.0. The average molecular weight is 827 g/mol. The molecule has 1 aromatic heterocycles. The van der Waals surface area contributed by atoms with Gasteiger partial charge in [-0.2, -0.15) is 10.2 Å². The van der Waals surface area contributed by atoms with Gasteiger partial charge >= 0.3 is 33.1 Å². The van der Waals surface area contributed by atoms with E-state index in [9.17, 15) is 28.3 Å². The zero-order valence-electron chi connectivity index (χ0n) is 32.3. The van der Waals surface area contributed by atoms with E-state index in [1.807, 2.05) is 0 Å². The zero-order chi connectivity index (χ0) is 41.4. The number of hydrogen-bond donors (Lipinski definition) is 3. The summed E-state index contributed by atoms with van der Waals surface area (Å²) < 4.78 is 86.4. The third-order valence-electron chi connectivity index (χ3n) is 8.33. The molecule has 3 unspecified atom stereocenters. The molecule has 1 aliphatic heterocycles. The van der Waals surface area contributed by atoms with E-state index in [4.69, 9.17) is 32.3 Å². The molecule has 1 aliphatic rings. The molecule has 1 fully saturated rings. The van der Waals surface area contributed by atoms with Gasteiger partial charge in [-0.25, -0.2) is 18.3 Å². The van der Waals surface area contributed by atoms with E-state index in [1.165, 1.54) is 52.0 Å². The molecule has 3 N–H and O–H groups in total. The van der Waals surface area contributed by atoms with Crippen LogP contribution in [0.3, 0.4) is 0 Å². The van der Waals surface area contributed by atoms with Crippen LogP contribution in [0.2, 0.25) is 0 Å². The normalized spacial score (nSPS) is 22.8. The molecule has 3 aromatic rings. The summed E-state index contributed by atoms with van der Waals surface area (Å²) in [5.41, 5.74) is -3.52. The number of rotatable bonds is 19. The summed E-state index contributed by atoms with van der Waals surface area (Å²) in [6.07, 6.45) is -5.21. The van der Waals surface area contributed by atoms with Crippen molar-refractivity contribution in [1.82, 2.24) is 19.7 Å². The number of esters is 2. The summed E-state index contributed by atoms with van der Waals surface area (Å²) in [6, 6.07) is 13.3. The first-order chi connectivity index (χ1) is 26.2. The van der Waals surface area contributed by atoms with Crippen molar-refractivity contribution in [3.63, 3.8) is 0 Å². The fraction of sp³-hybridized carbons (Fsp3) is 0.500. The van der Waals surface area contributed by atoms with Crippen LogP contribution in [0.1, 0.15) is 60.3 Å². The smallest absolute Gasteiger partial charge is 0.459 e. The van der Waals surface area contributed by atoms with Gasteiger partial charge in [0.15, 0.2) is 12.4 Å². The highest BCUT2D eigenvalue weighted by atomic mass is 31.2. The molecule has 0 amide bonds. The molecule has 17 nitrogen and oxygen atoms in total. The van der Waals surface area contributed by atoms with Gasteiger partial charge in [-0.1, -0.05) is 43.3 Å². The SMILES string of the molecule is Cc1cn([C@@H]2O[C@H](COP(=O)(N[C@@H](C)C(=O)OC(C)C)Oc3ccccc3)[C@@](C)(COP(=O)(N[C@@H](C)C(=O)OC(C)C)Oc3ccccc3)C2F)c(=O)[nH]c1=O. The van der Waals surface area contributed by atoms with Crippen LogP contribution >= 0.6 is 15.5 Å². The van der Waals surface area contributed by atoms with Crippen LogP contribution in [-0.2, 0) is 42.0 Å². The van der Waals surface area contributed by atoms with Crippen molar-refractivity contribution < 1.29 is 55.4 Å².